The molecule has 0 aliphatic carbocycles. The number of hydrogen-bond acceptors (Lipinski definition) is 3. The predicted molar refractivity (Wildman–Crippen MR) is 119 cm³/mol. The molecule has 0 radical (unpaired) electrons. The fourth-order valence-electron chi connectivity index (χ4n) is 3.72. The molecule has 1 unspecified atom stereocenters. The second kappa shape index (κ2) is 8.84. The number of hydrogen-bond donors (Lipinski definition) is 3. The molecule has 2 heterocycles. The first-order valence-electron chi connectivity index (χ1n) is 9.65. The Labute approximate surface area is 196 Å². The van der Waals surface area contributed by atoms with Crippen molar-refractivity contribution in [2.75, 3.05) is 12.4 Å². The lowest BCUT2D eigenvalue weighted by Gasteiger charge is -2.29. The number of halogens is 4. The molecule has 3 aromatic rings. The van der Waals surface area contributed by atoms with Gasteiger partial charge in [0.05, 0.1) is 17.4 Å². The molecule has 1 aromatic heterocycles. The van der Waals surface area contributed by atoms with E-state index in [4.69, 9.17) is 23.2 Å². The molecule has 3 N–H and O–H groups in total. The van der Waals surface area contributed by atoms with E-state index in [1.165, 1.54) is 35.9 Å². The van der Waals surface area contributed by atoms with Gasteiger partial charge in [-0.05, 0) is 42.5 Å². The summed E-state index contributed by atoms with van der Waals surface area (Å²) < 4.78 is 29.2. The summed E-state index contributed by atoms with van der Waals surface area (Å²) in [6, 6.07) is 7.42. The Bertz CT molecular complexity index is 1290. The van der Waals surface area contributed by atoms with Gasteiger partial charge in [-0.25, -0.2) is 8.78 Å². The average Bonchev–Trinajstić information content (AvgIpc) is 3.11. The van der Waals surface area contributed by atoms with E-state index >= 15 is 0 Å². The highest BCUT2D eigenvalue weighted by molar-refractivity contribution is 6.31. The van der Waals surface area contributed by atoms with E-state index in [1.54, 1.807) is 0 Å². The Morgan fingerprint density at radius 2 is 1.82 bits per heavy atom. The molecule has 33 heavy (non-hydrogen) atoms. The lowest BCUT2D eigenvalue weighted by Crippen LogP contribution is -2.40. The van der Waals surface area contributed by atoms with Crippen molar-refractivity contribution in [1.29, 1.82) is 0 Å². The number of nitrogens with one attached hydrogen (secondary N) is 3. The lowest BCUT2D eigenvalue weighted by atomic mass is 10.0. The summed E-state index contributed by atoms with van der Waals surface area (Å²) in [7, 11) is 1.42. The molecule has 4 rings (SSSR count). The number of nitrogens with zero attached hydrogens (tertiary/aromatic N) is 1. The van der Waals surface area contributed by atoms with E-state index in [9.17, 15) is 23.2 Å². The number of fused-ring (bicyclic) bond motifs is 1. The lowest BCUT2D eigenvalue weighted by molar-refractivity contribution is -0.123. The smallest absolute Gasteiger partial charge is 0.267 e. The maximum atomic E-state index is 14.0. The summed E-state index contributed by atoms with van der Waals surface area (Å²) in [5.41, 5.74) is 0.728. The van der Waals surface area contributed by atoms with Gasteiger partial charge in [0, 0.05) is 28.2 Å². The minimum absolute atomic E-state index is 0.0294. The molecule has 1 aliphatic heterocycles. The summed E-state index contributed by atoms with van der Waals surface area (Å²) >= 11 is 12.1. The van der Waals surface area contributed by atoms with Crippen LogP contribution in [0.2, 0.25) is 10.0 Å². The third kappa shape index (κ3) is 4.42. The molecule has 170 valence electrons. The van der Waals surface area contributed by atoms with Gasteiger partial charge in [0.1, 0.15) is 23.9 Å². The quantitative estimate of drug-likeness (QED) is 0.515. The number of amides is 3. The van der Waals surface area contributed by atoms with Crippen LogP contribution in [0.1, 0.15) is 38.1 Å². The SMILES string of the molecule is CNC(=O)c1cc(NC(=O)c2cc(F)cc(Cl)c2)c2n1CC(=O)NC2c1cc(F)ccc1Cl. The van der Waals surface area contributed by atoms with Crippen molar-refractivity contribution < 1.29 is 23.2 Å². The molecule has 3 amide bonds. The second-order valence-electron chi connectivity index (χ2n) is 7.27. The predicted octanol–water partition coefficient (Wildman–Crippen LogP) is 3.90. The number of carbonyl (C=O) groups excluding carboxylic acids is 3. The second-order valence-corrected chi connectivity index (χ2v) is 8.12. The number of aromatic nitrogens is 1. The summed E-state index contributed by atoms with van der Waals surface area (Å²) in [4.78, 5) is 37.8. The molecule has 0 saturated carbocycles. The van der Waals surface area contributed by atoms with Crippen LogP contribution in [0.4, 0.5) is 14.5 Å². The van der Waals surface area contributed by atoms with Crippen molar-refractivity contribution in [3.8, 4) is 0 Å². The van der Waals surface area contributed by atoms with Gasteiger partial charge < -0.3 is 20.5 Å². The maximum absolute atomic E-state index is 14.0. The van der Waals surface area contributed by atoms with E-state index in [-0.39, 0.29) is 39.1 Å². The van der Waals surface area contributed by atoms with Gasteiger partial charge in [-0.3, -0.25) is 14.4 Å². The van der Waals surface area contributed by atoms with Crippen molar-refractivity contribution in [2.45, 2.75) is 12.6 Å². The Balaban J connectivity index is 1.86. The summed E-state index contributed by atoms with van der Waals surface area (Å²) in [5.74, 6) is -2.94. The first-order chi connectivity index (χ1) is 15.7. The van der Waals surface area contributed by atoms with Crippen molar-refractivity contribution in [3.63, 3.8) is 0 Å². The third-order valence-corrected chi connectivity index (χ3v) is 5.68. The standard InChI is InChI=1S/C22H16Cl2F2N4O3/c1-27-22(33)17-8-16(28-21(32)10-4-11(23)6-13(26)5-10)20-19(29-18(31)9-30(17)20)14-7-12(25)2-3-15(14)24/h2-8,19H,9H2,1H3,(H,27,33)(H,28,32)(H,29,31). The zero-order valence-electron chi connectivity index (χ0n) is 17.0. The van der Waals surface area contributed by atoms with E-state index in [0.717, 1.165) is 18.2 Å². The molecule has 0 spiro atoms. The van der Waals surface area contributed by atoms with Crippen LogP contribution >= 0.6 is 23.2 Å². The van der Waals surface area contributed by atoms with Crippen molar-refractivity contribution in [3.05, 3.63) is 86.7 Å². The summed E-state index contributed by atoms with van der Waals surface area (Å²) in [6.45, 7) is -0.219. The first-order valence-corrected chi connectivity index (χ1v) is 10.4. The van der Waals surface area contributed by atoms with Crippen LogP contribution < -0.4 is 16.0 Å². The summed E-state index contributed by atoms with van der Waals surface area (Å²) in [5, 5.41) is 8.04. The number of rotatable bonds is 4. The third-order valence-electron chi connectivity index (χ3n) is 5.12. The van der Waals surface area contributed by atoms with Crippen LogP contribution in [0.25, 0.3) is 0 Å². The molecular formula is C22H16Cl2F2N4O3. The van der Waals surface area contributed by atoms with Gasteiger partial charge in [-0.15, -0.1) is 0 Å². The number of anilines is 1. The van der Waals surface area contributed by atoms with Gasteiger partial charge >= 0.3 is 0 Å². The molecule has 1 aliphatic rings. The van der Waals surface area contributed by atoms with Crippen LogP contribution in [0.15, 0.2) is 42.5 Å². The van der Waals surface area contributed by atoms with Gasteiger partial charge in [-0.2, -0.15) is 0 Å². The molecule has 0 saturated heterocycles. The van der Waals surface area contributed by atoms with E-state index in [1.807, 2.05) is 0 Å². The minimum Gasteiger partial charge on any atom is -0.354 e. The van der Waals surface area contributed by atoms with E-state index in [2.05, 4.69) is 16.0 Å². The van der Waals surface area contributed by atoms with Gasteiger partial charge in [0.25, 0.3) is 11.8 Å². The molecule has 7 nitrogen and oxygen atoms in total. The first kappa shape index (κ1) is 22.8. The fourth-order valence-corrected chi connectivity index (χ4v) is 4.17. The molecule has 1 atom stereocenters. The van der Waals surface area contributed by atoms with E-state index < -0.39 is 35.4 Å². The van der Waals surface area contributed by atoms with Gasteiger partial charge in [0.2, 0.25) is 5.91 Å². The van der Waals surface area contributed by atoms with Gasteiger partial charge in [0.15, 0.2) is 0 Å². The normalized spacial score (nSPS) is 14.9. The largest absolute Gasteiger partial charge is 0.354 e. The molecule has 2 aromatic carbocycles. The fraction of sp³-hybridized carbons (Fsp3) is 0.136. The topological polar surface area (TPSA) is 92.2 Å². The van der Waals surface area contributed by atoms with Crippen LogP contribution in [-0.4, -0.2) is 29.3 Å². The number of carbonyl (C=O) groups is 3. The Hall–Kier alpha value is -3.43. The molecule has 11 heteroatoms. The Morgan fingerprint density at radius 3 is 2.52 bits per heavy atom. The highest BCUT2D eigenvalue weighted by Gasteiger charge is 2.34. The zero-order chi connectivity index (χ0) is 23.9. The van der Waals surface area contributed by atoms with Crippen LogP contribution in [0.5, 0.6) is 0 Å². The average molecular weight is 493 g/mol. The summed E-state index contributed by atoms with van der Waals surface area (Å²) in [6.07, 6.45) is 0. The minimum atomic E-state index is -0.973. The Morgan fingerprint density at radius 1 is 1.06 bits per heavy atom. The van der Waals surface area contributed by atoms with Gasteiger partial charge in [-0.1, -0.05) is 23.2 Å². The molecular weight excluding hydrogens is 477 g/mol. The van der Waals surface area contributed by atoms with Crippen molar-refractivity contribution in [1.82, 2.24) is 15.2 Å². The Kier molecular flexibility index (Phi) is 6.09. The highest BCUT2D eigenvalue weighted by atomic mass is 35.5. The molecule has 0 fully saturated rings. The monoisotopic (exact) mass is 492 g/mol. The maximum Gasteiger partial charge on any atom is 0.267 e. The highest BCUT2D eigenvalue weighted by Crippen LogP contribution is 2.37. The number of benzene rings is 2. The van der Waals surface area contributed by atoms with Crippen molar-refractivity contribution >= 4 is 46.6 Å². The molecule has 0 bridgehead atoms. The van der Waals surface area contributed by atoms with Crippen LogP contribution in [0.3, 0.4) is 0 Å². The van der Waals surface area contributed by atoms with Crippen molar-refractivity contribution in [2.24, 2.45) is 0 Å². The van der Waals surface area contributed by atoms with Crippen LogP contribution in [-0.2, 0) is 11.3 Å². The zero-order valence-corrected chi connectivity index (χ0v) is 18.5. The van der Waals surface area contributed by atoms with E-state index in [0.29, 0.717) is 5.69 Å². The van der Waals surface area contributed by atoms with Crippen LogP contribution in [0, 0.1) is 11.6 Å².